The van der Waals surface area contributed by atoms with Gasteiger partial charge in [-0.15, -0.1) is 0 Å². The van der Waals surface area contributed by atoms with E-state index in [1.54, 1.807) is 0 Å². The quantitative estimate of drug-likeness (QED) is 0.199. The summed E-state index contributed by atoms with van der Waals surface area (Å²) in [5, 5.41) is 9.17. The van der Waals surface area contributed by atoms with Gasteiger partial charge >= 0.3 is 7.69 Å². The number of hydrogen-bond acceptors (Lipinski definition) is 3. The Hall–Kier alpha value is -5.06. The van der Waals surface area contributed by atoms with Crippen molar-refractivity contribution in [3.05, 3.63) is 157 Å². The van der Waals surface area contributed by atoms with Crippen LogP contribution in [0.25, 0.3) is 33.4 Å². The van der Waals surface area contributed by atoms with Crippen LogP contribution in [0.15, 0.2) is 146 Å². The van der Waals surface area contributed by atoms with E-state index in [4.69, 9.17) is 9.68 Å². The van der Waals surface area contributed by atoms with E-state index in [1.807, 2.05) is 18.2 Å². The zero-order valence-corrected chi connectivity index (χ0v) is 24.2. The Morgan fingerprint density at radius 3 is 1.67 bits per heavy atom. The Balaban J connectivity index is 1.26. The molecule has 0 aliphatic heterocycles. The van der Waals surface area contributed by atoms with Gasteiger partial charge in [0.05, 0.1) is 0 Å². The molecule has 0 amide bonds. The van der Waals surface area contributed by atoms with Crippen molar-refractivity contribution in [2.45, 2.75) is 19.3 Å². The minimum absolute atomic E-state index is 0.187. The Bertz CT molecular complexity index is 1880. The standard InChI is InChI=1S/C39H31BNO2/c1-39(2)37-24-21-33(25-36(37)35-23-22-34(43-40-42)26-38(35)39)41(31-11-7-4-8-12-31)32-19-17-30(18-20-32)29-15-13-28(14-16-29)27-9-5-3-6-10-27/h3-26,42H,1-2H3. The Morgan fingerprint density at radius 2 is 1.05 bits per heavy atom. The van der Waals surface area contributed by atoms with Gasteiger partial charge in [-0.25, -0.2) is 0 Å². The van der Waals surface area contributed by atoms with Crippen LogP contribution in [0.5, 0.6) is 5.75 Å². The van der Waals surface area contributed by atoms with Crippen molar-refractivity contribution in [1.82, 2.24) is 0 Å². The summed E-state index contributed by atoms with van der Waals surface area (Å²) in [6, 6.07) is 51.4. The van der Waals surface area contributed by atoms with E-state index in [2.05, 4.69) is 146 Å². The monoisotopic (exact) mass is 556 g/mol. The first kappa shape index (κ1) is 26.8. The van der Waals surface area contributed by atoms with E-state index >= 15 is 0 Å². The van der Waals surface area contributed by atoms with Gasteiger partial charge < -0.3 is 14.6 Å². The normalized spacial score (nSPS) is 12.7. The van der Waals surface area contributed by atoms with E-state index in [9.17, 15) is 0 Å². The van der Waals surface area contributed by atoms with Gasteiger partial charge in [-0.1, -0.05) is 111 Å². The van der Waals surface area contributed by atoms with Crippen LogP contribution < -0.4 is 9.55 Å². The highest BCUT2D eigenvalue weighted by Crippen LogP contribution is 2.51. The predicted octanol–water partition coefficient (Wildman–Crippen LogP) is 9.70. The topological polar surface area (TPSA) is 32.7 Å². The van der Waals surface area contributed by atoms with Crippen molar-refractivity contribution in [2.24, 2.45) is 0 Å². The van der Waals surface area contributed by atoms with E-state index in [0.717, 1.165) is 24.7 Å². The number of anilines is 3. The molecular formula is C39H31BNO2. The second-order valence-electron chi connectivity index (χ2n) is 11.4. The molecule has 207 valence electrons. The third-order valence-corrected chi connectivity index (χ3v) is 8.54. The van der Waals surface area contributed by atoms with Crippen molar-refractivity contribution in [3.63, 3.8) is 0 Å². The lowest BCUT2D eigenvalue weighted by atomic mass is 9.82. The fourth-order valence-corrected chi connectivity index (χ4v) is 6.31. The van der Waals surface area contributed by atoms with Gasteiger partial charge in [0.15, 0.2) is 0 Å². The molecule has 7 rings (SSSR count). The minimum atomic E-state index is -0.187. The maximum atomic E-state index is 9.17. The predicted molar refractivity (Wildman–Crippen MR) is 178 cm³/mol. The highest BCUT2D eigenvalue weighted by atomic mass is 16.5. The van der Waals surface area contributed by atoms with Crippen LogP contribution in [-0.2, 0) is 5.41 Å². The largest absolute Gasteiger partial charge is 0.569 e. The zero-order chi connectivity index (χ0) is 29.4. The van der Waals surface area contributed by atoms with Crippen LogP contribution >= 0.6 is 0 Å². The maximum Gasteiger partial charge on any atom is 0.569 e. The molecule has 0 atom stereocenters. The molecule has 1 radical (unpaired) electrons. The molecule has 1 aliphatic carbocycles. The Kier molecular flexibility index (Phi) is 6.85. The third-order valence-electron chi connectivity index (χ3n) is 8.54. The lowest BCUT2D eigenvalue weighted by Gasteiger charge is -2.27. The highest BCUT2D eigenvalue weighted by Gasteiger charge is 2.36. The Morgan fingerprint density at radius 1 is 0.512 bits per heavy atom. The summed E-state index contributed by atoms with van der Waals surface area (Å²) in [7, 11) is 0.734. The second kappa shape index (κ2) is 11.0. The van der Waals surface area contributed by atoms with Crippen molar-refractivity contribution in [2.75, 3.05) is 4.90 Å². The molecule has 0 aromatic heterocycles. The number of hydrogen-bond donors (Lipinski definition) is 1. The summed E-state index contributed by atoms with van der Waals surface area (Å²) in [6.07, 6.45) is 0. The third kappa shape index (κ3) is 4.90. The van der Waals surface area contributed by atoms with E-state index in [1.165, 1.54) is 44.5 Å². The molecule has 3 nitrogen and oxygen atoms in total. The molecule has 6 aromatic rings. The fraction of sp³-hybridized carbons (Fsp3) is 0.0769. The van der Waals surface area contributed by atoms with Crippen molar-refractivity contribution in [3.8, 4) is 39.1 Å². The summed E-state index contributed by atoms with van der Waals surface area (Å²) < 4.78 is 5.29. The molecule has 6 aromatic carbocycles. The summed E-state index contributed by atoms with van der Waals surface area (Å²) in [4.78, 5) is 2.31. The molecule has 0 spiro atoms. The second-order valence-corrected chi connectivity index (χ2v) is 11.4. The van der Waals surface area contributed by atoms with Gasteiger partial charge in [-0.3, -0.25) is 0 Å². The number of para-hydroxylation sites is 1. The van der Waals surface area contributed by atoms with Crippen LogP contribution in [0.1, 0.15) is 25.0 Å². The van der Waals surface area contributed by atoms with Gasteiger partial charge in [0, 0.05) is 22.5 Å². The first-order chi connectivity index (χ1) is 21.0. The van der Waals surface area contributed by atoms with Crippen LogP contribution in [0.3, 0.4) is 0 Å². The van der Waals surface area contributed by atoms with Gasteiger partial charge in [0.2, 0.25) is 0 Å². The molecule has 0 saturated heterocycles. The van der Waals surface area contributed by atoms with Crippen molar-refractivity contribution in [1.29, 1.82) is 0 Å². The van der Waals surface area contributed by atoms with Gasteiger partial charge in [0.25, 0.3) is 0 Å². The van der Waals surface area contributed by atoms with Gasteiger partial charge in [-0.2, -0.15) is 0 Å². The van der Waals surface area contributed by atoms with Crippen molar-refractivity contribution >= 4 is 24.7 Å². The van der Waals surface area contributed by atoms with Crippen LogP contribution in [0.2, 0.25) is 0 Å². The number of rotatable bonds is 7. The van der Waals surface area contributed by atoms with Crippen LogP contribution in [-0.4, -0.2) is 12.7 Å². The first-order valence-corrected chi connectivity index (χ1v) is 14.6. The molecule has 43 heavy (non-hydrogen) atoms. The van der Waals surface area contributed by atoms with Crippen LogP contribution in [0.4, 0.5) is 17.1 Å². The molecule has 0 fully saturated rings. The average Bonchev–Trinajstić information content (AvgIpc) is 3.28. The SMILES string of the molecule is CC1(C)c2ccc(N(c3ccccc3)c3ccc(-c4ccc(-c5ccccc5)cc4)cc3)cc2-c2ccc(O[B]O)cc21. The minimum Gasteiger partial charge on any atom is -0.537 e. The lowest BCUT2D eigenvalue weighted by molar-refractivity contribution is 0.453. The molecule has 0 unspecified atom stereocenters. The summed E-state index contributed by atoms with van der Waals surface area (Å²) in [5.74, 6) is 0.628. The van der Waals surface area contributed by atoms with Gasteiger partial charge in [0.1, 0.15) is 5.75 Å². The molecule has 1 N–H and O–H groups in total. The van der Waals surface area contributed by atoms with E-state index < -0.39 is 0 Å². The fourth-order valence-electron chi connectivity index (χ4n) is 6.31. The molecular weight excluding hydrogens is 525 g/mol. The smallest absolute Gasteiger partial charge is 0.537 e. The summed E-state index contributed by atoms with van der Waals surface area (Å²) in [5.41, 5.74) is 12.8. The van der Waals surface area contributed by atoms with Gasteiger partial charge in [-0.05, 0) is 93.0 Å². The number of nitrogens with zero attached hydrogens (tertiary/aromatic N) is 1. The summed E-state index contributed by atoms with van der Waals surface area (Å²) >= 11 is 0. The number of benzene rings is 6. The Labute approximate surface area is 254 Å². The first-order valence-electron chi connectivity index (χ1n) is 14.6. The van der Waals surface area contributed by atoms with E-state index in [0.29, 0.717) is 5.75 Å². The van der Waals surface area contributed by atoms with E-state index in [-0.39, 0.29) is 5.41 Å². The van der Waals surface area contributed by atoms with Crippen molar-refractivity contribution < 1.29 is 9.68 Å². The lowest BCUT2D eigenvalue weighted by Crippen LogP contribution is -2.15. The highest BCUT2D eigenvalue weighted by molar-refractivity contribution is 6.17. The molecule has 1 aliphatic rings. The molecule has 0 bridgehead atoms. The molecule has 0 heterocycles. The summed E-state index contributed by atoms with van der Waals surface area (Å²) in [6.45, 7) is 4.48. The maximum absolute atomic E-state index is 9.17. The number of fused-ring (bicyclic) bond motifs is 3. The average molecular weight is 556 g/mol. The van der Waals surface area contributed by atoms with Crippen LogP contribution in [0, 0.1) is 0 Å². The zero-order valence-electron chi connectivity index (χ0n) is 24.2. The molecule has 0 saturated carbocycles. The molecule has 4 heteroatoms.